The van der Waals surface area contributed by atoms with Gasteiger partial charge >= 0.3 is 0 Å². The average molecular weight is 370 g/mol. The van der Waals surface area contributed by atoms with Crippen molar-refractivity contribution in [3.63, 3.8) is 0 Å². The summed E-state index contributed by atoms with van der Waals surface area (Å²) in [7, 11) is 0. The molecule has 5 nitrogen and oxygen atoms in total. The van der Waals surface area contributed by atoms with E-state index in [0.29, 0.717) is 19.8 Å². The molecule has 3 unspecified atom stereocenters. The lowest BCUT2D eigenvalue weighted by Gasteiger charge is -2.54. The molecule has 2 saturated heterocycles. The Hall–Kier alpha value is -0.660. The van der Waals surface area contributed by atoms with E-state index < -0.39 is 11.8 Å². The molecule has 3 atom stereocenters. The predicted molar refractivity (Wildman–Crippen MR) is 83.8 cm³/mol. The SMILES string of the molecule is OC1c2cc(Br)ccc2OC2(N3CCOCC3)CCCOC12. The number of hydrogen-bond acceptors (Lipinski definition) is 5. The average Bonchev–Trinajstić information content (AvgIpc) is 2.57. The maximum atomic E-state index is 10.9. The third-order valence-corrected chi connectivity index (χ3v) is 5.32. The van der Waals surface area contributed by atoms with E-state index in [4.69, 9.17) is 14.2 Å². The van der Waals surface area contributed by atoms with Crippen LogP contribution in [0.5, 0.6) is 5.75 Å². The van der Waals surface area contributed by atoms with E-state index in [1.807, 2.05) is 18.2 Å². The fourth-order valence-electron chi connectivity index (χ4n) is 3.80. The lowest BCUT2D eigenvalue weighted by atomic mass is 9.85. The first-order valence-electron chi connectivity index (χ1n) is 7.82. The van der Waals surface area contributed by atoms with Gasteiger partial charge in [-0.3, -0.25) is 4.90 Å². The molecule has 22 heavy (non-hydrogen) atoms. The van der Waals surface area contributed by atoms with Crippen molar-refractivity contribution < 1.29 is 19.3 Å². The molecule has 0 saturated carbocycles. The van der Waals surface area contributed by atoms with Crippen molar-refractivity contribution in [2.45, 2.75) is 30.8 Å². The van der Waals surface area contributed by atoms with Crippen LogP contribution in [0, 0.1) is 0 Å². The number of benzene rings is 1. The molecule has 3 heterocycles. The molecule has 0 amide bonds. The maximum Gasteiger partial charge on any atom is 0.192 e. The number of fused-ring (bicyclic) bond motifs is 2. The van der Waals surface area contributed by atoms with Gasteiger partial charge in [-0.05, 0) is 24.6 Å². The Labute approximate surface area is 138 Å². The van der Waals surface area contributed by atoms with Crippen molar-refractivity contribution in [2.75, 3.05) is 32.9 Å². The molecule has 1 aromatic carbocycles. The molecule has 0 aliphatic carbocycles. The molecule has 0 bridgehead atoms. The van der Waals surface area contributed by atoms with E-state index in [1.54, 1.807) is 0 Å². The number of aliphatic hydroxyl groups excluding tert-OH is 1. The summed E-state index contributed by atoms with van der Waals surface area (Å²) >= 11 is 3.46. The van der Waals surface area contributed by atoms with Gasteiger partial charge in [0.1, 0.15) is 18.0 Å². The lowest BCUT2D eigenvalue weighted by molar-refractivity contribution is -0.256. The minimum absolute atomic E-state index is 0.360. The molecule has 0 radical (unpaired) electrons. The Morgan fingerprint density at radius 1 is 1.23 bits per heavy atom. The molecule has 120 valence electrons. The number of ether oxygens (including phenoxy) is 3. The van der Waals surface area contributed by atoms with E-state index >= 15 is 0 Å². The smallest absolute Gasteiger partial charge is 0.192 e. The van der Waals surface area contributed by atoms with Crippen LogP contribution in [0.3, 0.4) is 0 Å². The molecule has 0 aromatic heterocycles. The molecule has 2 fully saturated rings. The molecular weight excluding hydrogens is 350 g/mol. The van der Waals surface area contributed by atoms with Gasteiger partial charge < -0.3 is 19.3 Å². The van der Waals surface area contributed by atoms with Gasteiger partial charge in [0.15, 0.2) is 5.72 Å². The molecule has 6 heteroatoms. The number of rotatable bonds is 1. The van der Waals surface area contributed by atoms with Crippen LogP contribution < -0.4 is 4.74 Å². The summed E-state index contributed by atoms with van der Waals surface area (Å²) in [6.07, 6.45) is 0.766. The van der Waals surface area contributed by atoms with Crippen molar-refractivity contribution in [1.29, 1.82) is 0 Å². The Balaban J connectivity index is 1.76. The van der Waals surface area contributed by atoms with Crippen molar-refractivity contribution >= 4 is 15.9 Å². The van der Waals surface area contributed by atoms with Crippen LogP contribution in [-0.4, -0.2) is 54.7 Å². The minimum Gasteiger partial charge on any atom is -0.469 e. The minimum atomic E-state index is -0.676. The van der Waals surface area contributed by atoms with Gasteiger partial charge in [-0.15, -0.1) is 0 Å². The van der Waals surface area contributed by atoms with E-state index in [1.165, 1.54) is 0 Å². The Morgan fingerprint density at radius 3 is 2.86 bits per heavy atom. The highest BCUT2D eigenvalue weighted by Crippen LogP contribution is 2.47. The quantitative estimate of drug-likeness (QED) is 0.821. The second kappa shape index (κ2) is 5.76. The monoisotopic (exact) mass is 369 g/mol. The van der Waals surface area contributed by atoms with Gasteiger partial charge in [0.05, 0.1) is 13.2 Å². The van der Waals surface area contributed by atoms with E-state index in [2.05, 4.69) is 20.8 Å². The third kappa shape index (κ3) is 2.29. The second-order valence-electron chi connectivity index (χ2n) is 6.07. The first-order valence-corrected chi connectivity index (χ1v) is 8.61. The highest BCUT2D eigenvalue weighted by Gasteiger charge is 2.55. The number of nitrogens with zero attached hydrogens (tertiary/aromatic N) is 1. The molecule has 3 aliphatic heterocycles. The Morgan fingerprint density at radius 2 is 2.05 bits per heavy atom. The summed E-state index contributed by atoms with van der Waals surface area (Å²) in [5.41, 5.74) is 0.215. The fourth-order valence-corrected chi connectivity index (χ4v) is 4.18. The number of halogens is 1. The van der Waals surface area contributed by atoms with Crippen LogP contribution in [0.25, 0.3) is 0 Å². The lowest BCUT2D eigenvalue weighted by Crippen LogP contribution is -2.68. The molecule has 4 rings (SSSR count). The Kier molecular flexibility index (Phi) is 3.90. The zero-order valence-corrected chi connectivity index (χ0v) is 13.9. The van der Waals surface area contributed by atoms with Gasteiger partial charge in [-0.2, -0.15) is 0 Å². The summed E-state index contributed by atoms with van der Waals surface area (Å²) in [4.78, 5) is 2.29. The largest absolute Gasteiger partial charge is 0.469 e. The molecule has 3 aliphatic rings. The third-order valence-electron chi connectivity index (χ3n) is 4.83. The van der Waals surface area contributed by atoms with Crippen LogP contribution in [-0.2, 0) is 9.47 Å². The van der Waals surface area contributed by atoms with Gasteiger partial charge in [-0.1, -0.05) is 15.9 Å². The summed E-state index contributed by atoms with van der Waals surface area (Å²) in [5.74, 6) is 0.754. The maximum absolute atomic E-state index is 10.9. The van der Waals surface area contributed by atoms with Crippen molar-refractivity contribution in [3.8, 4) is 5.75 Å². The predicted octanol–water partition coefficient (Wildman–Crippen LogP) is 2.08. The zero-order valence-electron chi connectivity index (χ0n) is 12.3. The Bertz CT molecular complexity index is 563. The normalized spacial score (nSPS) is 35.4. The number of aliphatic hydroxyl groups is 1. The van der Waals surface area contributed by atoms with Crippen LogP contribution in [0.4, 0.5) is 0 Å². The fraction of sp³-hybridized carbons (Fsp3) is 0.625. The van der Waals surface area contributed by atoms with E-state index in [0.717, 1.165) is 41.7 Å². The summed E-state index contributed by atoms with van der Waals surface area (Å²) < 4.78 is 18.8. The molecule has 1 N–H and O–H groups in total. The zero-order chi connectivity index (χ0) is 15.2. The van der Waals surface area contributed by atoms with E-state index in [-0.39, 0.29) is 6.10 Å². The first-order chi connectivity index (χ1) is 10.7. The standard InChI is InChI=1S/C16H20BrNO4/c17-11-2-3-13-12(10-11)14(19)15-16(22-13,4-1-7-21-15)18-5-8-20-9-6-18/h2-3,10,14-15,19H,1,4-9H2. The highest BCUT2D eigenvalue weighted by molar-refractivity contribution is 9.10. The van der Waals surface area contributed by atoms with Gasteiger partial charge in [-0.25, -0.2) is 0 Å². The highest BCUT2D eigenvalue weighted by atomic mass is 79.9. The van der Waals surface area contributed by atoms with Crippen molar-refractivity contribution in [2.24, 2.45) is 0 Å². The molecule has 1 aromatic rings. The van der Waals surface area contributed by atoms with Crippen LogP contribution in [0.1, 0.15) is 24.5 Å². The second-order valence-corrected chi connectivity index (χ2v) is 6.98. The van der Waals surface area contributed by atoms with Gasteiger partial charge in [0.25, 0.3) is 0 Å². The van der Waals surface area contributed by atoms with Gasteiger partial charge in [0.2, 0.25) is 0 Å². The van der Waals surface area contributed by atoms with Crippen LogP contribution in [0.15, 0.2) is 22.7 Å². The number of morpholine rings is 1. The summed E-state index contributed by atoms with van der Waals surface area (Å²) in [5, 5.41) is 10.9. The van der Waals surface area contributed by atoms with Crippen molar-refractivity contribution in [3.05, 3.63) is 28.2 Å². The molecular formula is C16H20BrNO4. The molecule has 0 spiro atoms. The summed E-state index contributed by atoms with van der Waals surface area (Å²) in [6.45, 7) is 3.67. The van der Waals surface area contributed by atoms with Gasteiger partial charge in [0, 0.05) is 36.2 Å². The number of hydrogen-bond donors (Lipinski definition) is 1. The topological polar surface area (TPSA) is 51.2 Å². The summed E-state index contributed by atoms with van der Waals surface area (Å²) in [6, 6.07) is 5.79. The van der Waals surface area contributed by atoms with Crippen molar-refractivity contribution in [1.82, 2.24) is 4.90 Å². The van der Waals surface area contributed by atoms with Crippen LogP contribution >= 0.6 is 15.9 Å². The first kappa shape index (κ1) is 14.9. The van der Waals surface area contributed by atoms with E-state index in [9.17, 15) is 5.11 Å². The van der Waals surface area contributed by atoms with Crippen LogP contribution in [0.2, 0.25) is 0 Å².